The molecular weight excluding hydrogens is 442 g/mol. The summed E-state index contributed by atoms with van der Waals surface area (Å²) >= 11 is 6.07. The van der Waals surface area contributed by atoms with Crippen LogP contribution in [0.15, 0.2) is 47.4 Å². The third-order valence-electron chi connectivity index (χ3n) is 4.41. The van der Waals surface area contributed by atoms with Crippen LogP contribution in [0.1, 0.15) is 36.7 Å². The fraction of sp³-hybridized carbons (Fsp3) is 0.286. The molecule has 0 fully saturated rings. The molecule has 2 aromatic carbocycles. The van der Waals surface area contributed by atoms with E-state index in [1.807, 2.05) is 6.07 Å². The first kappa shape index (κ1) is 24.3. The van der Waals surface area contributed by atoms with Crippen LogP contribution in [0.2, 0.25) is 5.02 Å². The Morgan fingerprint density at radius 2 is 1.87 bits per heavy atom. The highest BCUT2D eigenvalue weighted by molar-refractivity contribution is 7.89. The highest BCUT2D eigenvalue weighted by Gasteiger charge is 2.26. The number of rotatable bonds is 8. The maximum atomic E-state index is 12.7. The first-order chi connectivity index (χ1) is 14.6. The number of carbonyl (C=O) groups excluding carboxylic acids is 2. The predicted octanol–water partition coefficient (Wildman–Crippen LogP) is 3.43. The Morgan fingerprint density at radius 3 is 2.48 bits per heavy atom. The molecule has 0 aliphatic rings. The molecule has 0 aromatic heterocycles. The lowest BCUT2D eigenvalue weighted by Crippen LogP contribution is -2.31. The highest BCUT2D eigenvalue weighted by atomic mass is 35.5. The van der Waals surface area contributed by atoms with Gasteiger partial charge in [-0.15, -0.1) is 0 Å². The van der Waals surface area contributed by atoms with Crippen molar-refractivity contribution in [2.75, 3.05) is 18.4 Å². The number of hydrogen-bond donors (Lipinski definition) is 1. The highest BCUT2D eigenvalue weighted by Crippen LogP contribution is 2.24. The Balaban J connectivity index is 2.19. The van der Waals surface area contributed by atoms with Gasteiger partial charge in [-0.1, -0.05) is 31.5 Å². The van der Waals surface area contributed by atoms with Gasteiger partial charge in [0, 0.05) is 18.8 Å². The molecule has 8 nitrogen and oxygen atoms in total. The maximum absolute atomic E-state index is 12.7. The molecular formula is C21H22ClN3O5S. The monoisotopic (exact) mass is 463 g/mol. The lowest BCUT2D eigenvalue weighted by molar-refractivity contribution is -0.123. The van der Waals surface area contributed by atoms with Crippen molar-refractivity contribution in [1.82, 2.24) is 4.31 Å². The van der Waals surface area contributed by atoms with Crippen LogP contribution < -0.4 is 5.32 Å². The van der Waals surface area contributed by atoms with Gasteiger partial charge in [0.15, 0.2) is 6.10 Å². The molecule has 0 aliphatic carbocycles. The number of esters is 1. The third-order valence-corrected chi connectivity index (χ3v) is 6.79. The van der Waals surface area contributed by atoms with Gasteiger partial charge in [0.1, 0.15) is 0 Å². The fourth-order valence-electron chi connectivity index (χ4n) is 2.72. The zero-order valence-corrected chi connectivity index (χ0v) is 18.8. The number of nitrogens with zero attached hydrogens (tertiary/aromatic N) is 2. The number of halogens is 1. The summed E-state index contributed by atoms with van der Waals surface area (Å²) < 4.78 is 31.8. The fourth-order valence-corrected chi connectivity index (χ4v) is 4.40. The van der Waals surface area contributed by atoms with E-state index in [1.165, 1.54) is 29.4 Å². The van der Waals surface area contributed by atoms with E-state index >= 15 is 0 Å². The molecule has 0 saturated carbocycles. The molecule has 2 rings (SSSR count). The molecule has 0 heterocycles. The number of sulfonamides is 1. The van der Waals surface area contributed by atoms with Gasteiger partial charge in [0.25, 0.3) is 5.91 Å². The van der Waals surface area contributed by atoms with Crippen LogP contribution in [0.5, 0.6) is 0 Å². The minimum Gasteiger partial charge on any atom is -0.449 e. The van der Waals surface area contributed by atoms with E-state index in [0.717, 1.165) is 6.07 Å². The van der Waals surface area contributed by atoms with E-state index in [1.54, 1.807) is 32.0 Å². The minimum atomic E-state index is -3.80. The molecule has 164 valence electrons. The van der Waals surface area contributed by atoms with E-state index in [9.17, 15) is 18.0 Å². The second-order valence-corrected chi connectivity index (χ2v) is 8.81. The number of ether oxygens (including phenoxy) is 1. The smallest absolute Gasteiger partial charge is 0.340 e. The number of nitrogens with one attached hydrogen (secondary N) is 1. The van der Waals surface area contributed by atoms with Crippen molar-refractivity contribution >= 4 is 39.2 Å². The van der Waals surface area contributed by atoms with Crippen LogP contribution in [-0.4, -0.2) is 43.8 Å². The maximum Gasteiger partial charge on any atom is 0.340 e. The molecule has 0 aliphatic heterocycles. The average Bonchev–Trinajstić information content (AvgIpc) is 2.74. The third kappa shape index (κ3) is 5.82. The topological polar surface area (TPSA) is 117 Å². The van der Waals surface area contributed by atoms with E-state index < -0.39 is 28.0 Å². The Kier molecular flexibility index (Phi) is 8.16. The van der Waals surface area contributed by atoms with Gasteiger partial charge in [-0.3, -0.25) is 4.79 Å². The summed E-state index contributed by atoms with van der Waals surface area (Å²) in [4.78, 5) is 24.8. The van der Waals surface area contributed by atoms with Crippen molar-refractivity contribution in [3.8, 4) is 6.07 Å². The number of amides is 1. The molecule has 0 saturated heterocycles. The second kappa shape index (κ2) is 10.4. The van der Waals surface area contributed by atoms with E-state index in [2.05, 4.69) is 5.32 Å². The van der Waals surface area contributed by atoms with Gasteiger partial charge in [-0.05, 0) is 43.3 Å². The molecule has 10 heteroatoms. The van der Waals surface area contributed by atoms with Gasteiger partial charge >= 0.3 is 5.97 Å². The lowest BCUT2D eigenvalue weighted by Gasteiger charge is -2.19. The zero-order chi connectivity index (χ0) is 23.2. The van der Waals surface area contributed by atoms with Crippen LogP contribution >= 0.6 is 11.6 Å². The number of anilines is 1. The van der Waals surface area contributed by atoms with Crippen LogP contribution in [-0.2, 0) is 19.6 Å². The van der Waals surface area contributed by atoms with Crippen molar-refractivity contribution < 1.29 is 22.7 Å². The van der Waals surface area contributed by atoms with Gasteiger partial charge in [0.05, 0.1) is 27.1 Å². The number of benzene rings is 2. The molecule has 1 atom stereocenters. The van der Waals surface area contributed by atoms with Crippen molar-refractivity contribution in [2.24, 2.45) is 0 Å². The second-order valence-electron chi connectivity index (χ2n) is 6.46. The van der Waals surface area contributed by atoms with E-state index in [0.29, 0.717) is 11.3 Å². The number of carbonyl (C=O) groups is 2. The molecule has 0 bridgehead atoms. The summed E-state index contributed by atoms with van der Waals surface area (Å²) in [6.07, 6.45) is -1.20. The zero-order valence-electron chi connectivity index (χ0n) is 17.3. The molecule has 1 unspecified atom stereocenters. The Bertz CT molecular complexity index is 1120. The average molecular weight is 464 g/mol. The molecule has 31 heavy (non-hydrogen) atoms. The minimum absolute atomic E-state index is 0.00201. The van der Waals surface area contributed by atoms with Crippen molar-refractivity contribution in [3.05, 3.63) is 58.6 Å². The Morgan fingerprint density at radius 1 is 1.19 bits per heavy atom. The molecule has 1 N–H and O–H groups in total. The number of nitriles is 1. The summed E-state index contributed by atoms with van der Waals surface area (Å²) in [5.74, 6) is -1.55. The van der Waals surface area contributed by atoms with Crippen LogP contribution in [0.3, 0.4) is 0 Å². The van der Waals surface area contributed by atoms with Crippen LogP contribution in [0.25, 0.3) is 0 Å². The van der Waals surface area contributed by atoms with Gasteiger partial charge in [-0.2, -0.15) is 9.57 Å². The quantitative estimate of drug-likeness (QED) is 0.599. The van der Waals surface area contributed by atoms with Crippen molar-refractivity contribution in [1.29, 1.82) is 5.26 Å². The Hall–Kier alpha value is -2.93. The summed E-state index contributed by atoms with van der Waals surface area (Å²) in [5.41, 5.74) is 0.568. The lowest BCUT2D eigenvalue weighted by atomic mass is 10.2. The van der Waals surface area contributed by atoms with E-state index in [-0.39, 0.29) is 28.6 Å². The van der Waals surface area contributed by atoms with Gasteiger partial charge in [0.2, 0.25) is 10.0 Å². The van der Waals surface area contributed by atoms with Crippen LogP contribution in [0.4, 0.5) is 5.69 Å². The van der Waals surface area contributed by atoms with E-state index in [4.69, 9.17) is 21.6 Å². The Labute approximate surface area is 186 Å². The normalized spacial score (nSPS) is 12.1. The number of hydrogen-bond acceptors (Lipinski definition) is 6. The summed E-state index contributed by atoms with van der Waals surface area (Å²) in [5, 5.41) is 11.5. The summed E-state index contributed by atoms with van der Waals surface area (Å²) in [6.45, 7) is 5.32. The predicted molar refractivity (Wildman–Crippen MR) is 116 cm³/mol. The van der Waals surface area contributed by atoms with Crippen LogP contribution in [0, 0.1) is 11.3 Å². The van der Waals surface area contributed by atoms with Gasteiger partial charge < -0.3 is 10.1 Å². The summed E-state index contributed by atoms with van der Waals surface area (Å²) in [7, 11) is -3.80. The molecule has 0 radical (unpaired) electrons. The largest absolute Gasteiger partial charge is 0.449 e. The SMILES string of the molecule is CCN(CC)S(=O)(=O)c1ccc(Cl)c(C(=O)OC(C)C(=O)Nc2cccc(C#N)c2)c1. The molecule has 2 aromatic rings. The molecule has 1 amide bonds. The van der Waals surface area contributed by atoms with Crippen molar-refractivity contribution in [2.45, 2.75) is 31.8 Å². The first-order valence-corrected chi connectivity index (χ1v) is 11.3. The standard InChI is InChI=1S/C21H22ClN3O5S/c1-4-25(5-2)31(28,29)17-9-10-19(22)18(12-17)21(27)30-14(3)20(26)24-16-8-6-7-15(11-16)13-23/h6-12,14H,4-5H2,1-3H3,(H,24,26). The molecule has 0 spiro atoms. The summed E-state index contributed by atoms with van der Waals surface area (Å²) in [6, 6.07) is 12.0. The van der Waals surface area contributed by atoms with Gasteiger partial charge in [-0.25, -0.2) is 13.2 Å². The van der Waals surface area contributed by atoms with Crippen molar-refractivity contribution in [3.63, 3.8) is 0 Å². The first-order valence-electron chi connectivity index (χ1n) is 9.45.